The molecule has 0 aromatic carbocycles. The van der Waals surface area contributed by atoms with Crippen LogP contribution >= 0.6 is 0 Å². The molecule has 5 heteroatoms. The van der Waals surface area contributed by atoms with Gasteiger partial charge in [-0.3, -0.25) is 9.59 Å². The average Bonchev–Trinajstić information content (AvgIpc) is 2.31. The fraction of sp³-hybridized carbons (Fsp3) is 0.750. The van der Waals surface area contributed by atoms with Crippen molar-refractivity contribution in [1.29, 1.82) is 5.26 Å². The van der Waals surface area contributed by atoms with E-state index in [2.05, 4.69) is 0 Å². The Kier molecular flexibility index (Phi) is 6.95. The zero-order valence-electron chi connectivity index (χ0n) is 10.6. The monoisotopic (exact) mass is 241 g/mol. The van der Waals surface area contributed by atoms with E-state index in [0.717, 1.165) is 0 Å². The molecule has 0 aliphatic rings. The van der Waals surface area contributed by atoms with Gasteiger partial charge in [0.15, 0.2) is 5.41 Å². The van der Waals surface area contributed by atoms with E-state index in [1.807, 2.05) is 6.07 Å². The van der Waals surface area contributed by atoms with Gasteiger partial charge in [-0.15, -0.1) is 0 Å². The van der Waals surface area contributed by atoms with Crippen LogP contribution in [0, 0.1) is 16.7 Å². The molecular weight excluding hydrogens is 222 g/mol. The Morgan fingerprint density at radius 2 is 1.59 bits per heavy atom. The molecule has 0 heterocycles. The zero-order chi connectivity index (χ0) is 13.3. The molecule has 0 aliphatic heterocycles. The first kappa shape index (κ1) is 15.4. The summed E-state index contributed by atoms with van der Waals surface area (Å²) in [5.74, 6) is -1.20. The molecule has 0 aromatic rings. The van der Waals surface area contributed by atoms with E-state index in [-0.39, 0.29) is 32.5 Å². The minimum atomic E-state index is -1.33. The first-order valence-electron chi connectivity index (χ1n) is 5.80. The van der Waals surface area contributed by atoms with Crippen molar-refractivity contribution in [2.45, 2.75) is 40.0 Å². The van der Waals surface area contributed by atoms with Crippen LogP contribution in [0.4, 0.5) is 0 Å². The predicted molar refractivity (Wildman–Crippen MR) is 60.8 cm³/mol. The Labute approximate surface area is 102 Å². The molecule has 0 aromatic heterocycles. The molecule has 0 rings (SSSR count). The van der Waals surface area contributed by atoms with Crippen LogP contribution in [0.2, 0.25) is 0 Å². The fourth-order valence-corrected chi connectivity index (χ4v) is 1.56. The standard InChI is InChI=1S/C12H19NO4/c1-4-12(8-7-9-13,10(14)16-5-2)11(15)17-6-3/h4-8H2,1-3H3. The molecule has 0 amide bonds. The van der Waals surface area contributed by atoms with Gasteiger partial charge in [0.2, 0.25) is 0 Å². The first-order valence-corrected chi connectivity index (χ1v) is 5.80. The lowest BCUT2D eigenvalue weighted by atomic mass is 9.80. The van der Waals surface area contributed by atoms with Gasteiger partial charge in [0.1, 0.15) is 0 Å². The van der Waals surface area contributed by atoms with Crippen molar-refractivity contribution < 1.29 is 19.1 Å². The van der Waals surface area contributed by atoms with Crippen molar-refractivity contribution >= 4 is 11.9 Å². The van der Waals surface area contributed by atoms with Gasteiger partial charge in [0.05, 0.1) is 19.3 Å². The topological polar surface area (TPSA) is 76.4 Å². The Morgan fingerprint density at radius 1 is 1.12 bits per heavy atom. The van der Waals surface area contributed by atoms with Crippen molar-refractivity contribution in [3.63, 3.8) is 0 Å². The minimum absolute atomic E-state index is 0.117. The number of rotatable bonds is 7. The van der Waals surface area contributed by atoms with Crippen LogP contribution in [0.1, 0.15) is 40.0 Å². The highest BCUT2D eigenvalue weighted by Crippen LogP contribution is 2.31. The summed E-state index contributed by atoms with van der Waals surface area (Å²) in [4.78, 5) is 23.8. The maximum absolute atomic E-state index is 11.9. The third-order valence-electron chi connectivity index (χ3n) is 2.60. The second kappa shape index (κ2) is 7.66. The molecule has 0 atom stereocenters. The van der Waals surface area contributed by atoms with Crippen LogP contribution in [0.3, 0.4) is 0 Å². The molecule has 0 radical (unpaired) electrons. The zero-order valence-corrected chi connectivity index (χ0v) is 10.6. The van der Waals surface area contributed by atoms with E-state index >= 15 is 0 Å². The molecule has 0 N–H and O–H groups in total. The number of nitriles is 1. The summed E-state index contributed by atoms with van der Waals surface area (Å²) in [5, 5.41) is 8.59. The molecule has 0 unspecified atom stereocenters. The Balaban J connectivity index is 5.06. The van der Waals surface area contributed by atoms with Gasteiger partial charge in [-0.1, -0.05) is 6.92 Å². The lowest BCUT2D eigenvalue weighted by Gasteiger charge is -2.26. The lowest BCUT2D eigenvalue weighted by molar-refractivity contribution is -0.173. The molecular formula is C12H19NO4. The number of ether oxygens (including phenoxy) is 2. The summed E-state index contributed by atoms with van der Waals surface area (Å²) < 4.78 is 9.83. The van der Waals surface area contributed by atoms with E-state index in [4.69, 9.17) is 14.7 Å². The second-order valence-corrected chi connectivity index (χ2v) is 3.53. The lowest BCUT2D eigenvalue weighted by Crippen LogP contribution is -2.41. The minimum Gasteiger partial charge on any atom is -0.465 e. The molecule has 0 saturated heterocycles. The van der Waals surface area contributed by atoms with Crippen LogP contribution in [0.15, 0.2) is 0 Å². The maximum Gasteiger partial charge on any atom is 0.323 e. The number of hydrogen-bond donors (Lipinski definition) is 0. The molecule has 0 spiro atoms. The van der Waals surface area contributed by atoms with E-state index in [0.29, 0.717) is 0 Å². The van der Waals surface area contributed by atoms with E-state index in [9.17, 15) is 9.59 Å². The number of carbonyl (C=O) groups is 2. The van der Waals surface area contributed by atoms with Gasteiger partial charge in [-0.2, -0.15) is 5.26 Å². The summed E-state index contributed by atoms with van der Waals surface area (Å²) in [6, 6.07) is 1.94. The molecule has 96 valence electrons. The quantitative estimate of drug-likeness (QED) is 0.502. The van der Waals surface area contributed by atoms with E-state index < -0.39 is 17.4 Å². The SMILES string of the molecule is CCOC(=O)C(CC)(CCC#N)C(=O)OCC. The summed E-state index contributed by atoms with van der Waals surface area (Å²) in [7, 11) is 0. The van der Waals surface area contributed by atoms with Crippen LogP contribution in [0.25, 0.3) is 0 Å². The second-order valence-electron chi connectivity index (χ2n) is 3.53. The average molecular weight is 241 g/mol. The number of carbonyl (C=O) groups excluding carboxylic acids is 2. The number of esters is 2. The molecule has 0 bridgehead atoms. The van der Waals surface area contributed by atoms with Crippen LogP contribution < -0.4 is 0 Å². The van der Waals surface area contributed by atoms with E-state index in [1.54, 1.807) is 20.8 Å². The fourth-order valence-electron chi connectivity index (χ4n) is 1.56. The number of hydrogen-bond acceptors (Lipinski definition) is 5. The van der Waals surface area contributed by atoms with Crippen molar-refractivity contribution in [3.05, 3.63) is 0 Å². The smallest absolute Gasteiger partial charge is 0.323 e. The van der Waals surface area contributed by atoms with Gasteiger partial charge in [0, 0.05) is 6.42 Å². The van der Waals surface area contributed by atoms with Gasteiger partial charge >= 0.3 is 11.9 Å². The maximum atomic E-state index is 11.9. The molecule has 0 saturated carbocycles. The van der Waals surface area contributed by atoms with Crippen LogP contribution in [-0.4, -0.2) is 25.2 Å². The highest BCUT2D eigenvalue weighted by Gasteiger charge is 2.46. The van der Waals surface area contributed by atoms with Gasteiger partial charge in [0.25, 0.3) is 0 Å². The predicted octanol–water partition coefficient (Wildman–Crippen LogP) is 1.81. The van der Waals surface area contributed by atoms with Crippen molar-refractivity contribution in [1.82, 2.24) is 0 Å². The van der Waals surface area contributed by atoms with Gasteiger partial charge in [-0.25, -0.2) is 0 Å². The third kappa shape index (κ3) is 3.74. The summed E-state index contributed by atoms with van der Waals surface area (Å²) in [6.45, 7) is 5.46. The number of nitrogens with zero attached hydrogens (tertiary/aromatic N) is 1. The van der Waals surface area contributed by atoms with Gasteiger partial charge in [-0.05, 0) is 26.7 Å². The third-order valence-corrected chi connectivity index (χ3v) is 2.60. The largest absolute Gasteiger partial charge is 0.465 e. The molecule has 0 aliphatic carbocycles. The van der Waals surface area contributed by atoms with Crippen LogP contribution in [0.5, 0.6) is 0 Å². The Bertz CT molecular complexity index is 288. The highest BCUT2D eigenvalue weighted by atomic mass is 16.6. The molecule has 17 heavy (non-hydrogen) atoms. The first-order chi connectivity index (χ1) is 8.08. The normalized spacial score (nSPS) is 10.5. The van der Waals surface area contributed by atoms with Crippen LogP contribution in [-0.2, 0) is 19.1 Å². The molecule has 5 nitrogen and oxygen atoms in total. The molecule has 0 fully saturated rings. The summed E-state index contributed by atoms with van der Waals surface area (Å²) in [6.07, 6.45) is 0.523. The van der Waals surface area contributed by atoms with Crippen molar-refractivity contribution in [3.8, 4) is 6.07 Å². The Morgan fingerprint density at radius 3 is 1.88 bits per heavy atom. The van der Waals surface area contributed by atoms with Crippen molar-refractivity contribution in [2.75, 3.05) is 13.2 Å². The highest BCUT2D eigenvalue weighted by molar-refractivity contribution is 6.00. The Hall–Kier alpha value is -1.57. The summed E-state index contributed by atoms with van der Waals surface area (Å²) in [5.41, 5.74) is -1.33. The van der Waals surface area contributed by atoms with Crippen molar-refractivity contribution in [2.24, 2.45) is 5.41 Å². The van der Waals surface area contributed by atoms with E-state index in [1.165, 1.54) is 0 Å². The van der Waals surface area contributed by atoms with Gasteiger partial charge < -0.3 is 9.47 Å². The summed E-state index contributed by atoms with van der Waals surface area (Å²) >= 11 is 0.